The van der Waals surface area contributed by atoms with Crippen molar-refractivity contribution in [3.05, 3.63) is 70.5 Å². The number of hydrogen-bond donors (Lipinski definition) is 1. The van der Waals surface area contributed by atoms with Crippen molar-refractivity contribution in [1.29, 1.82) is 0 Å². The molecule has 1 aliphatic rings. The minimum Gasteiger partial charge on any atom is -0.465 e. The van der Waals surface area contributed by atoms with E-state index >= 15 is 0 Å². The van der Waals surface area contributed by atoms with Crippen molar-refractivity contribution in [2.24, 2.45) is 4.99 Å². The number of benzene rings is 1. The van der Waals surface area contributed by atoms with Gasteiger partial charge >= 0.3 is 0 Å². The average Bonchev–Trinajstić information content (AvgIpc) is 3.12. The molecule has 1 aromatic heterocycles. The molecule has 0 radical (unpaired) electrons. The minimum atomic E-state index is -0.181. The highest BCUT2D eigenvalue weighted by Gasteiger charge is 2.23. The molecule has 1 N–H and O–H groups in total. The number of thioether (sulfide) groups is 1. The first-order valence-corrected chi connectivity index (χ1v) is 7.66. The van der Waals surface area contributed by atoms with E-state index in [-0.39, 0.29) is 5.91 Å². The second kappa shape index (κ2) is 6.68. The second-order valence-electron chi connectivity index (χ2n) is 4.33. The molecule has 4 nitrogen and oxygen atoms in total. The van der Waals surface area contributed by atoms with Crippen LogP contribution < -0.4 is 5.32 Å². The zero-order valence-corrected chi connectivity index (χ0v) is 12.9. The normalized spacial score (nSPS) is 18.5. The number of carbonyl (C=O) groups excluding carboxylic acids is 1. The summed E-state index contributed by atoms with van der Waals surface area (Å²) in [6, 6.07) is 10.9. The van der Waals surface area contributed by atoms with Gasteiger partial charge in [-0.2, -0.15) is 0 Å². The summed E-state index contributed by atoms with van der Waals surface area (Å²) in [5.74, 6) is 0.546. The maximum atomic E-state index is 11.9. The van der Waals surface area contributed by atoms with E-state index in [1.807, 2.05) is 18.2 Å². The Labute approximate surface area is 136 Å². The van der Waals surface area contributed by atoms with Crippen LogP contribution in [0.2, 0.25) is 5.02 Å². The zero-order valence-electron chi connectivity index (χ0n) is 11.3. The Morgan fingerprint density at radius 2 is 2.09 bits per heavy atom. The Bertz CT molecular complexity index is 779. The third-order valence-corrected chi connectivity index (χ3v) is 4.02. The number of furan rings is 1. The molecular weight excluding hydrogens is 320 g/mol. The molecule has 22 heavy (non-hydrogen) atoms. The van der Waals surface area contributed by atoms with E-state index < -0.39 is 0 Å². The van der Waals surface area contributed by atoms with Crippen molar-refractivity contribution in [3.8, 4) is 0 Å². The molecule has 3 rings (SSSR count). The number of nitrogens with zero attached hydrogens (tertiary/aromatic N) is 1. The Balaban J connectivity index is 1.74. The van der Waals surface area contributed by atoms with Crippen LogP contribution in [-0.2, 0) is 4.79 Å². The summed E-state index contributed by atoms with van der Waals surface area (Å²) in [6.07, 6.45) is 6.86. The van der Waals surface area contributed by atoms with Crippen LogP contribution in [0.3, 0.4) is 0 Å². The maximum absolute atomic E-state index is 11.9. The lowest BCUT2D eigenvalue weighted by atomic mass is 10.3. The molecule has 1 aromatic carbocycles. The van der Waals surface area contributed by atoms with Gasteiger partial charge in [-0.1, -0.05) is 29.8 Å². The molecule has 6 heteroatoms. The number of amides is 1. The third kappa shape index (κ3) is 3.50. The SMILES string of the molecule is O=C1NC(=Nc2ccccc2Cl)S/C1=C/C=C/c1ccco1. The van der Waals surface area contributed by atoms with Crippen molar-refractivity contribution in [2.75, 3.05) is 0 Å². The Kier molecular flexibility index (Phi) is 4.46. The predicted octanol–water partition coefficient (Wildman–Crippen LogP) is 4.38. The van der Waals surface area contributed by atoms with Gasteiger partial charge in [-0.3, -0.25) is 4.79 Å². The smallest absolute Gasteiger partial charge is 0.264 e. The number of hydrogen-bond acceptors (Lipinski definition) is 4. The number of halogens is 1. The zero-order chi connectivity index (χ0) is 15.4. The van der Waals surface area contributed by atoms with Gasteiger partial charge in [0.1, 0.15) is 5.76 Å². The van der Waals surface area contributed by atoms with Gasteiger partial charge in [0.25, 0.3) is 5.91 Å². The highest BCUT2D eigenvalue weighted by Crippen LogP contribution is 2.29. The van der Waals surface area contributed by atoms with E-state index in [2.05, 4.69) is 10.3 Å². The van der Waals surface area contributed by atoms with Crippen molar-refractivity contribution in [1.82, 2.24) is 5.32 Å². The molecule has 0 atom stereocenters. The first-order chi connectivity index (χ1) is 10.7. The maximum Gasteiger partial charge on any atom is 0.264 e. The molecular formula is C16H11ClN2O2S. The number of para-hydroxylation sites is 1. The van der Waals surface area contributed by atoms with E-state index in [9.17, 15) is 4.79 Å². The molecule has 0 unspecified atom stereocenters. The largest absolute Gasteiger partial charge is 0.465 e. The Morgan fingerprint density at radius 1 is 1.23 bits per heavy atom. The van der Waals surface area contributed by atoms with Gasteiger partial charge < -0.3 is 9.73 Å². The van der Waals surface area contributed by atoms with Crippen molar-refractivity contribution in [3.63, 3.8) is 0 Å². The van der Waals surface area contributed by atoms with Crippen LogP contribution in [0.25, 0.3) is 6.08 Å². The molecule has 1 fully saturated rings. The molecule has 0 spiro atoms. The number of amidine groups is 1. The van der Waals surface area contributed by atoms with Crippen LogP contribution in [0.5, 0.6) is 0 Å². The van der Waals surface area contributed by atoms with Crippen LogP contribution in [-0.4, -0.2) is 11.1 Å². The van der Waals surface area contributed by atoms with Crippen LogP contribution in [0.1, 0.15) is 5.76 Å². The van der Waals surface area contributed by atoms with Crippen molar-refractivity contribution >= 4 is 46.2 Å². The lowest BCUT2D eigenvalue weighted by Crippen LogP contribution is -2.19. The van der Waals surface area contributed by atoms with Crippen LogP contribution in [0.4, 0.5) is 5.69 Å². The van der Waals surface area contributed by atoms with E-state index in [1.54, 1.807) is 42.7 Å². The van der Waals surface area contributed by atoms with Gasteiger partial charge in [0.05, 0.1) is 21.9 Å². The number of rotatable bonds is 3. The molecule has 1 saturated heterocycles. The lowest BCUT2D eigenvalue weighted by molar-refractivity contribution is -0.115. The third-order valence-electron chi connectivity index (χ3n) is 2.78. The summed E-state index contributed by atoms with van der Waals surface area (Å²) in [5, 5.41) is 3.76. The monoisotopic (exact) mass is 330 g/mol. The van der Waals surface area contributed by atoms with Gasteiger partial charge in [0.2, 0.25) is 0 Å². The first kappa shape index (κ1) is 14.7. The Morgan fingerprint density at radius 3 is 2.86 bits per heavy atom. The van der Waals surface area contributed by atoms with Crippen LogP contribution in [0, 0.1) is 0 Å². The summed E-state index contributed by atoms with van der Waals surface area (Å²) in [4.78, 5) is 16.8. The second-order valence-corrected chi connectivity index (χ2v) is 5.77. The minimum absolute atomic E-state index is 0.181. The van der Waals surface area contributed by atoms with E-state index in [0.29, 0.717) is 20.8 Å². The number of allylic oxidation sites excluding steroid dienone is 2. The highest BCUT2D eigenvalue weighted by atomic mass is 35.5. The molecule has 110 valence electrons. The molecule has 2 heterocycles. The number of aliphatic imine (C=N–C) groups is 1. The topological polar surface area (TPSA) is 54.6 Å². The standard InChI is InChI=1S/C16H11ClN2O2S/c17-12-7-1-2-8-13(12)18-16-19-15(20)14(22-16)9-3-5-11-6-4-10-21-11/h1-10H,(H,18,19,20)/b5-3+,14-9+. The summed E-state index contributed by atoms with van der Waals surface area (Å²) >= 11 is 7.32. The van der Waals surface area contributed by atoms with E-state index in [1.165, 1.54) is 11.8 Å². The van der Waals surface area contributed by atoms with Gasteiger partial charge in [-0.25, -0.2) is 4.99 Å². The van der Waals surface area contributed by atoms with Gasteiger partial charge in [-0.05, 0) is 48.2 Å². The average molecular weight is 331 g/mol. The molecule has 1 amide bonds. The molecule has 2 aromatic rings. The van der Waals surface area contributed by atoms with E-state index in [0.717, 1.165) is 5.76 Å². The fourth-order valence-corrected chi connectivity index (χ4v) is 2.73. The molecule has 1 aliphatic heterocycles. The fourth-order valence-electron chi connectivity index (χ4n) is 1.76. The molecule has 0 aliphatic carbocycles. The summed E-state index contributed by atoms with van der Waals surface area (Å²) in [5.41, 5.74) is 0.624. The van der Waals surface area contributed by atoms with Crippen LogP contribution in [0.15, 0.2) is 69.1 Å². The predicted molar refractivity (Wildman–Crippen MR) is 90.1 cm³/mol. The molecule has 0 saturated carbocycles. The number of carbonyl (C=O) groups is 1. The molecule has 0 bridgehead atoms. The van der Waals surface area contributed by atoms with Gasteiger partial charge in [0, 0.05) is 0 Å². The van der Waals surface area contributed by atoms with Crippen LogP contribution >= 0.6 is 23.4 Å². The highest BCUT2D eigenvalue weighted by molar-refractivity contribution is 8.18. The quantitative estimate of drug-likeness (QED) is 0.850. The van der Waals surface area contributed by atoms with Gasteiger partial charge in [0.15, 0.2) is 5.17 Å². The van der Waals surface area contributed by atoms with Gasteiger partial charge in [-0.15, -0.1) is 0 Å². The summed E-state index contributed by atoms with van der Waals surface area (Å²) in [7, 11) is 0. The Hall–Kier alpha value is -2.24. The lowest BCUT2D eigenvalue weighted by Gasteiger charge is -1.98. The van der Waals surface area contributed by atoms with Crippen molar-refractivity contribution in [2.45, 2.75) is 0 Å². The first-order valence-electron chi connectivity index (χ1n) is 6.47. The fraction of sp³-hybridized carbons (Fsp3) is 0. The van der Waals surface area contributed by atoms with Crippen molar-refractivity contribution < 1.29 is 9.21 Å². The summed E-state index contributed by atoms with van der Waals surface area (Å²) < 4.78 is 5.18. The number of nitrogens with one attached hydrogen (secondary N) is 1. The van der Waals surface area contributed by atoms with E-state index in [4.69, 9.17) is 16.0 Å². The summed E-state index contributed by atoms with van der Waals surface area (Å²) in [6.45, 7) is 0.